The highest BCUT2D eigenvalue weighted by Gasteiger charge is 2.14. The Balaban J connectivity index is 1.57. The summed E-state index contributed by atoms with van der Waals surface area (Å²) in [6, 6.07) is 7.67. The highest BCUT2D eigenvalue weighted by atomic mass is 35.5. The fourth-order valence-corrected chi connectivity index (χ4v) is 3.42. The van der Waals surface area contributed by atoms with E-state index < -0.39 is 0 Å². The van der Waals surface area contributed by atoms with E-state index in [1.165, 1.54) is 11.8 Å². The van der Waals surface area contributed by atoms with Crippen molar-refractivity contribution in [2.75, 3.05) is 12.8 Å². The molecule has 8 heteroatoms. The molecular weight excluding hydrogens is 382 g/mol. The summed E-state index contributed by atoms with van der Waals surface area (Å²) in [5.74, 6) is 0.636. The molecule has 3 rings (SSSR count). The minimum Gasteiger partial charge on any atom is -0.356 e. The molecule has 0 radical (unpaired) electrons. The minimum atomic E-state index is 0.0336. The molecule has 3 aromatic rings. The molecule has 0 saturated heterocycles. The maximum atomic E-state index is 12.2. The summed E-state index contributed by atoms with van der Waals surface area (Å²) in [6.45, 7) is 4.55. The van der Waals surface area contributed by atoms with Gasteiger partial charge in [0.15, 0.2) is 0 Å². The van der Waals surface area contributed by atoms with Crippen molar-refractivity contribution in [3.63, 3.8) is 0 Å². The van der Waals surface area contributed by atoms with Gasteiger partial charge in [0, 0.05) is 29.4 Å². The van der Waals surface area contributed by atoms with Gasteiger partial charge in [-0.1, -0.05) is 35.5 Å². The molecular formula is C19H22ClN5OS. The van der Waals surface area contributed by atoms with Crippen LogP contribution in [0.15, 0.2) is 29.4 Å². The molecule has 27 heavy (non-hydrogen) atoms. The van der Waals surface area contributed by atoms with Crippen LogP contribution in [0.25, 0.3) is 5.78 Å². The molecule has 1 aromatic carbocycles. The Hall–Kier alpha value is -2.12. The zero-order valence-corrected chi connectivity index (χ0v) is 17.2. The van der Waals surface area contributed by atoms with Crippen molar-refractivity contribution < 1.29 is 4.79 Å². The van der Waals surface area contributed by atoms with E-state index in [0.29, 0.717) is 30.3 Å². The van der Waals surface area contributed by atoms with E-state index in [0.717, 1.165) is 34.0 Å². The Morgan fingerprint density at radius 1 is 1.19 bits per heavy atom. The highest BCUT2D eigenvalue weighted by Crippen LogP contribution is 2.18. The maximum Gasteiger partial charge on any atom is 0.253 e. The van der Waals surface area contributed by atoms with Crippen molar-refractivity contribution in [1.82, 2.24) is 24.9 Å². The van der Waals surface area contributed by atoms with Crippen LogP contribution in [-0.2, 0) is 17.6 Å². The number of benzene rings is 1. The van der Waals surface area contributed by atoms with Crippen molar-refractivity contribution >= 4 is 35.0 Å². The number of thioether (sulfide) groups is 1. The second-order valence-electron chi connectivity index (χ2n) is 6.30. The van der Waals surface area contributed by atoms with Crippen LogP contribution in [0.4, 0.5) is 0 Å². The predicted octanol–water partition coefficient (Wildman–Crippen LogP) is 3.41. The molecule has 0 aliphatic heterocycles. The van der Waals surface area contributed by atoms with Crippen molar-refractivity contribution in [3.05, 3.63) is 51.8 Å². The first-order chi connectivity index (χ1) is 13.0. The van der Waals surface area contributed by atoms with Gasteiger partial charge in [-0.25, -0.2) is 9.50 Å². The fraction of sp³-hybridized carbons (Fsp3) is 0.368. The van der Waals surface area contributed by atoms with Gasteiger partial charge in [-0.15, -0.1) is 5.10 Å². The number of hydrogen-bond donors (Lipinski definition) is 1. The third-order valence-electron chi connectivity index (χ3n) is 4.46. The van der Waals surface area contributed by atoms with Gasteiger partial charge >= 0.3 is 0 Å². The first kappa shape index (κ1) is 19.6. The zero-order valence-electron chi connectivity index (χ0n) is 15.6. The molecule has 0 bridgehead atoms. The van der Waals surface area contributed by atoms with Gasteiger partial charge in [0.1, 0.15) is 0 Å². The normalized spacial score (nSPS) is 11.1. The van der Waals surface area contributed by atoms with Crippen molar-refractivity contribution in [3.8, 4) is 0 Å². The molecule has 0 spiro atoms. The molecule has 0 saturated carbocycles. The number of nitrogens with one attached hydrogen (secondary N) is 1. The predicted molar refractivity (Wildman–Crippen MR) is 109 cm³/mol. The van der Waals surface area contributed by atoms with Crippen LogP contribution >= 0.6 is 23.4 Å². The lowest BCUT2D eigenvalue weighted by Gasteiger charge is -2.10. The maximum absolute atomic E-state index is 12.2. The number of fused-ring (bicyclic) bond motifs is 1. The van der Waals surface area contributed by atoms with Crippen molar-refractivity contribution in [1.29, 1.82) is 0 Å². The van der Waals surface area contributed by atoms with Crippen molar-refractivity contribution in [2.24, 2.45) is 0 Å². The molecule has 2 heterocycles. The van der Waals surface area contributed by atoms with Gasteiger partial charge in [-0.3, -0.25) is 4.79 Å². The van der Waals surface area contributed by atoms with E-state index in [2.05, 4.69) is 20.4 Å². The summed E-state index contributed by atoms with van der Waals surface area (Å²) < 4.78 is 1.76. The molecule has 0 aliphatic carbocycles. The SMILES string of the molecule is CSc1nc2nc(C)c(CCC(=O)NCCc3ccc(Cl)cc3)c(C)n2n1. The third kappa shape index (κ3) is 4.78. The van der Waals surface area contributed by atoms with E-state index in [-0.39, 0.29) is 5.91 Å². The quantitative estimate of drug-likeness (QED) is 0.612. The Morgan fingerprint density at radius 3 is 2.63 bits per heavy atom. The van der Waals surface area contributed by atoms with E-state index in [1.807, 2.05) is 44.4 Å². The van der Waals surface area contributed by atoms with Crippen LogP contribution in [0, 0.1) is 13.8 Å². The summed E-state index contributed by atoms with van der Waals surface area (Å²) in [7, 11) is 0. The fourth-order valence-electron chi connectivity index (χ4n) is 2.96. The van der Waals surface area contributed by atoms with Gasteiger partial charge in [-0.2, -0.15) is 4.98 Å². The monoisotopic (exact) mass is 403 g/mol. The van der Waals surface area contributed by atoms with Crippen LogP contribution in [0.1, 0.15) is 28.9 Å². The lowest BCUT2D eigenvalue weighted by Crippen LogP contribution is -2.26. The summed E-state index contributed by atoms with van der Waals surface area (Å²) in [6.07, 6.45) is 3.76. The minimum absolute atomic E-state index is 0.0336. The zero-order chi connectivity index (χ0) is 19.4. The van der Waals surface area contributed by atoms with Gasteiger partial charge in [0.05, 0.1) is 0 Å². The Bertz CT molecular complexity index is 955. The number of aromatic nitrogens is 4. The number of halogens is 1. The van der Waals surface area contributed by atoms with E-state index >= 15 is 0 Å². The first-order valence-electron chi connectivity index (χ1n) is 8.76. The average molecular weight is 404 g/mol. The molecule has 0 unspecified atom stereocenters. The largest absolute Gasteiger partial charge is 0.356 e. The lowest BCUT2D eigenvalue weighted by molar-refractivity contribution is -0.121. The first-order valence-corrected chi connectivity index (χ1v) is 10.4. The molecule has 1 amide bonds. The standard InChI is InChI=1S/C19H22ClN5OS/c1-12-16(13(2)25-18(22-12)23-19(24-25)27-3)8-9-17(26)21-11-10-14-4-6-15(20)7-5-14/h4-7H,8-11H2,1-3H3,(H,21,26). The number of rotatable bonds is 7. The average Bonchev–Trinajstić information content (AvgIpc) is 3.06. The topological polar surface area (TPSA) is 72.2 Å². The van der Waals surface area contributed by atoms with Crippen LogP contribution in [0.5, 0.6) is 0 Å². The molecule has 2 aromatic heterocycles. The number of carbonyl (C=O) groups is 1. The van der Waals surface area contributed by atoms with E-state index in [9.17, 15) is 4.79 Å². The lowest BCUT2D eigenvalue weighted by atomic mass is 10.1. The highest BCUT2D eigenvalue weighted by molar-refractivity contribution is 7.98. The Kier molecular flexibility index (Phi) is 6.34. The molecule has 0 aliphatic rings. The molecule has 0 atom stereocenters. The third-order valence-corrected chi connectivity index (χ3v) is 5.25. The second-order valence-corrected chi connectivity index (χ2v) is 7.51. The molecule has 0 fully saturated rings. The second kappa shape index (κ2) is 8.71. The Morgan fingerprint density at radius 2 is 1.93 bits per heavy atom. The summed E-state index contributed by atoms with van der Waals surface area (Å²) in [5.41, 5.74) is 4.08. The number of carbonyl (C=O) groups excluding carboxylic acids is 1. The summed E-state index contributed by atoms with van der Waals surface area (Å²) >= 11 is 7.37. The van der Waals surface area contributed by atoms with Crippen LogP contribution in [0.3, 0.4) is 0 Å². The Labute approximate surface area is 167 Å². The number of aryl methyl sites for hydroxylation is 2. The molecule has 6 nitrogen and oxygen atoms in total. The summed E-state index contributed by atoms with van der Waals surface area (Å²) in [5, 5.41) is 8.83. The van der Waals surface area contributed by atoms with Crippen LogP contribution < -0.4 is 5.32 Å². The smallest absolute Gasteiger partial charge is 0.253 e. The van der Waals surface area contributed by atoms with Crippen molar-refractivity contribution in [2.45, 2.75) is 38.3 Å². The number of nitrogens with zero attached hydrogens (tertiary/aromatic N) is 4. The van der Waals surface area contributed by atoms with Gasteiger partial charge in [0.25, 0.3) is 5.78 Å². The molecule has 142 valence electrons. The van der Waals surface area contributed by atoms with Gasteiger partial charge in [-0.05, 0) is 56.2 Å². The number of amides is 1. The summed E-state index contributed by atoms with van der Waals surface area (Å²) in [4.78, 5) is 21.1. The van der Waals surface area contributed by atoms with Crippen LogP contribution in [-0.4, -0.2) is 38.3 Å². The van der Waals surface area contributed by atoms with Gasteiger partial charge in [0.2, 0.25) is 11.1 Å². The van der Waals surface area contributed by atoms with Gasteiger partial charge < -0.3 is 5.32 Å². The van der Waals surface area contributed by atoms with E-state index in [4.69, 9.17) is 11.6 Å². The van der Waals surface area contributed by atoms with Crippen LogP contribution in [0.2, 0.25) is 5.02 Å². The number of hydrogen-bond acceptors (Lipinski definition) is 5. The van der Waals surface area contributed by atoms with E-state index in [1.54, 1.807) is 4.52 Å². The molecule has 1 N–H and O–H groups in total.